The first-order valence-electron chi connectivity index (χ1n) is 10.4. The summed E-state index contributed by atoms with van der Waals surface area (Å²) < 4.78 is 12.4. The number of rotatable bonds is 3. The molecule has 0 radical (unpaired) electrons. The zero-order chi connectivity index (χ0) is 20.1. The maximum atomic E-state index is 10.8. The van der Waals surface area contributed by atoms with Crippen molar-refractivity contribution < 1.29 is 19.2 Å². The second-order valence-corrected chi connectivity index (χ2v) is 9.48. The van der Waals surface area contributed by atoms with Crippen LogP contribution in [0.1, 0.15) is 64.5 Å². The fraction of sp³-hybridized carbons (Fsp3) is 0.667. The molecule has 3 aliphatic rings. The van der Waals surface area contributed by atoms with E-state index in [0.717, 1.165) is 44.2 Å². The van der Waals surface area contributed by atoms with E-state index in [1.807, 2.05) is 0 Å². The van der Waals surface area contributed by atoms with Crippen molar-refractivity contribution in [2.24, 2.45) is 0 Å². The minimum absolute atomic E-state index is 0.105. The summed E-state index contributed by atoms with van der Waals surface area (Å²) in [5.41, 5.74) is 3.18. The average Bonchev–Trinajstić information content (AvgIpc) is 3.12. The van der Waals surface area contributed by atoms with Crippen molar-refractivity contribution >= 4 is 18.7 Å². The Morgan fingerprint density at radius 2 is 1.68 bits per heavy atom. The van der Waals surface area contributed by atoms with Gasteiger partial charge in [0.2, 0.25) is 0 Å². The lowest BCUT2D eigenvalue weighted by Gasteiger charge is -2.34. The van der Waals surface area contributed by atoms with Crippen LogP contribution in [0.4, 0.5) is 4.79 Å². The van der Waals surface area contributed by atoms with Crippen molar-refractivity contribution in [3.63, 3.8) is 0 Å². The average molecular weight is 386 g/mol. The highest BCUT2D eigenvalue weighted by Crippen LogP contribution is 2.37. The summed E-state index contributed by atoms with van der Waals surface area (Å²) >= 11 is 0. The van der Waals surface area contributed by atoms with E-state index in [-0.39, 0.29) is 24.4 Å². The first-order valence-corrected chi connectivity index (χ1v) is 10.4. The van der Waals surface area contributed by atoms with Crippen molar-refractivity contribution in [2.45, 2.75) is 89.8 Å². The van der Waals surface area contributed by atoms with Gasteiger partial charge in [0.25, 0.3) is 0 Å². The summed E-state index contributed by atoms with van der Waals surface area (Å²) in [7, 11) is -0.318. The van der Waals surface area contributed by atoms with Gasteiger partial charge in [-0.05, 0) is 70.0 Å². The van der Waals surface area contributed by atoms with Crippen LogP contribution in [-0.2, 0) is 22.4 Å². The van der Waals surface area contributed by atoms with Gasteiger partial charge in [-0.2, -0.15) is 0 Å². The van der Waals surface area contributed by atoms with Gasteiger partial charge >= 0.3 is 13.2 Å². The Bertz CT molecular complexity index is 743. The topological polar surface area (TPSA) is 71.0 Å². The third-order valence-corrected chi connectivity index (χ3v) is 7.04. The van der Waals surface area contributed by atoms with Gasteiger partial charge in [-0.1, -0.05) is 18.2 Å². The zero-order valence-corrected chi connectivity index (χ0v) is 17.3. The molecule has 1 aromatic rings. The lowest BCUT2D eigenvalue weighted by atomic mass is 9.78. The van der Waals surface area contributed by atoms with Crippen LogP contribution in [-0.4, -0.2) is 46.5 Å². The van der Waals surface area contributed by atoms with Gasteiger partial charge in [-0.25, -0.2) is 4.79 Å². The Kier molecular flexibility index (Phi) is 4.96. The first-order chi connectivity index (χ1) is 13.1. The summed E-state index contributed by atoms with van der Waals surface area (Å²) in [4.78, 5) is 13.4. The molecule has 6 nitrogen and oxygen atoms in total. The van der Waals surface area contributed by atoms with Crippen LogP contribution >= 0.6 is 0 Å². The third-order valence-electron chi connectivity index (χ3n) is 7.04. The SMILES string of the molecule is CC1(C)OB(c2ccc3c(c2)CN(C2CCC(NC(=O)O)CC2)C3)OC1(C)C. The van der Waals surface area contributed by atoms with Crippen LogP contribution in [0.25, 0.3) is 0 Å². The lowest BCUT2D eigenvalue weighted by Crippen LogP contribution is -2.42. The van der Waals surface area contributed by atoms with Crippen LogP contribution in [0, 0.1) is 0 Å². The molecular weight excluding hydrogens is 355 g/mol. The standard InChI is InChI=1S/C21H31BN2O4/c1-20(2)21(3,4)28-22(27-20)16-6-5-14-12-24(13-15(14)11-16)18-9-7-17(8-10-18)23-19(25)26/h5-6,11,17-18,23H,7-10,12-13H2,1-4H3,(H,25,26). The number of carboxylic acid groups (broad SMARTS) is 1. The van der Waals surface area contributed by atoms with Crippen LogP contribution in [0.2, 0.25) is 0 Å². The first kappa shape index (κ1) is 19.7. The van der Waals surface area contributed by atoms with E-state index >= 15 is 0 Å². The maximum absolute atomic E-state index is 10.8. The van der Waals surface area contributed by atoms with Crippen molar-refractivity contribution in [2.75, 3.05) is 0 Å². The number of nitrogens with one attached hydrogen (secondary N) is 1. The molecule has 4 rings (SSSR count). The molecular formula is C21H31BN2O4. The fourth-order valence-corrected chi connectivity index (χ4v) is 4.58. The van der Waals surface area contributed by atoms with Crippen LogP contribution in [0.3, 0.4) is 0 Å². The van der Waals surface area contributed by atoms with E-state index in [4.69, 9.17) is 14.4 Å². The second kappa shape index (κ2) is 7.04. The number of amides is 1. The fourth-order valence-electron chi connectivity index (χ4n) is 4.58. The Morgan fingerprint density at radius 1 is 1.07 bits per heavy atom. The quantitative estimate of drug-likeness (QED) is 0.782. The third kappa shape index (κ3) is 3.67. The van der Waals surface area contributed by atoms with Crippen LogP contribution in [0.15, 0.2) is 18.2 Å². The molecule has 0 aromatic heterocycles. The molecule has 0 atom stereocenters. The van der Waals surface area contributed by atoms with Crippen molar-refractivity contribution in [3.05, 3.63) is 29.3 Å². The van der Waals surface area contributed by atoms with Crippen molar-refractivity contribution in [1.29, 1.82) is 0 Å². The molecule has 2 heterocycles. The summed E-state index contributed by atoms with van der Waals surface area (Å²) in [6, 6.07) is 7.23. The molecule has 152 valence electrons. The summed E-state index contributed by atoms with van der Waals surface area (Å²) in [6.45, 7) is 10.2. The van der Waals surface area contributed by atoms with Gasteiger partial charge in [0.15, 0.2) is 0 Å². The monoisotopic (exact) mass is 386 g/mol. The van der Waals surface area contributed by atoms with E-state index in [1.54, 1.807) is 0 Å². The highest BCUT2D eigenvalue weighted by molar-refractivity contribution is 6.62. The van der Waals surface area contributed by atoms with E-state index in [9.17, 15) is 4.79 Å². The molecule has 2 N–H and O–H groups in total. The molecule has 1 aromatic carbocycles. The van der Waals surface area contributed by atoms with Crippen LogP contribution < -0.4 is 10.8 Å². The Labute approximate surface area is 167 Å². The largest absolute Gasteiger partial charge is 0.494 e. The molecule has 28 heavy (non-hydrogen) atoms. The van der Waals surface area contributed by atoms with Crippen LogP contribution in [0.5, 0.6) is 0 Å². The number of fused-ring (bicyclic) bond motifs is 1. The van der Waals surface area contributed by atoms with E-state index < -0.39 is 6.09 Å². The molecule has 2 aliphatic heterocycles. The number of carbonyl (C=O) groups is 1. The Balaban J connectivity index is 1.39. The Morgan fingerprint density at radius 3 is 2.29 bits per heavy atom. The van der Waals surface area contributed by atoms with Crippen molar-refractivity contribution in [1.82, 2.24) is 10.2 Å². The number of nitrogens with zero attached hydrogens (tertiary/aromatic N) is 1. The molecule has 7 heteroatoms. The highest BCUT2D eigenvalue weighted by Gasteiger charge is 2.51. The van der Waals surface area contributed by atoms with Gasteiger partial charge in [0, 0.05) is 25.2 Å². The molecule has 0 bridgehead atoms. The van der Waals surface area contributed by atoms with Gasteiger partial charge in [0.05, 0.1) is 11.2 Å². The summed E-state index contributed by atoms with van der Waals surface area (Å²) in [5, 5.41) is 11.5. The maximum Gasteiger partial charge on any atom is 0.494 e. The molecule has 1 saturated carbocycles. The minimum atomic E-state index is -0.910. The molecule has 0 spiro atoms. The highest BCUT2D eigenvalue weighted by atomic mass is 16.7. The smallest absolute Gasteiger partial charge is 0.465 e. The van der Waals surface area contributed by atoms with Gasteiger partial charge in [0.1, 0.15) is 0 Å². The van der Waals surface area contributed by atoms with Crippen molar-refractivity contribution in [3.8, 4) is 0 Å². The number of benzene rings is 1. The zero-order valence-electron chi connectivity index (χ0n) is 17.3. The number of hydrogen-bond donors (Lipinski definition) is 2. The summed E-state index contributed by atoms with van der Waals surface area (Å²) in [6.07, 6.45) is 3.02. The predicted molar refractivity (Wildman–Crippen MR) is 109 cm³/mol. The molecule has 1 saturated heterocycles. The molecule has 1 aliphatic carbocycles. The lowest BCUT2D eigenvalue weighted by molar-refractivity contribution is 0.00578. The van der Waals surface area contributed by atoms with Gasteiger partial charge < -0.3 is 19.7 Å². The molecule has 2 fully saturated rings. The van der Waals surface area contributed by atoms with E-state index in [1.165, 1.54) is 11.1 Å². The second-order valence-electron chi connectivity index (χ2n) is 9.48. The minimum Gasteiger partial charge on any atom is -0.465 e. The predicted octanol–water partition coefficient (Wildman–Crippen LogP) is 2.88. The van der Waals surface area contributed by atoms with E-state index in [2.05, 4.69) is 56.1 Å². The van der Waals surface area contributed by atoms with Gasteiger partial charge in [-0.15, -0.1) is 0 Å². The molecule has 1 amide bonds. The number of hydrogen-bond acceptors (Lipinski definition) is 4. The van der Waals surface area contributed by atoms with E-state index in [0.29, 0.717) is 6.04 Å². The molecule has 0 unspecified atom stereocenters. The van der Waals surface area contributed by atoms with Gasteiger partial charge in [-0.3, -0.25) is 4.90 Å². The summed E-state index contributed by atoms with van der Waals surface area (Å²) in [5.74, 6) is 0. The Hall–Kier alpha value is -1.57. The normalized spacial score (nSPS) is 28.9.